The summed E-state index contributed by atoms with van der Waals surface area (Å²) in [4.78, 5) is 40.0. The second kappa shape index (κ2) is 4.82. The Hall–Kier alpha value is -3.02. The van der Waals surface area contributed by atoms with Gasteiger partial charge in [-0.25, -0.2) is 4.79 Å². The highest BCUT2D eigenvalue weighted by Crippen LogP contribution is 2.29. The van der Waals surface area contributed by atoms with Crippen LogP contribution in [0.1, 0.15) is 26.4 Å². The highest BCUT2D eigenvalue weighted by Gasteiger charge is 2.35. The van der Waals surface area contributed by atoms with E-state index in [4.69, 9.17) is 5.11 Å². The summed E-state index contributed by atoms with van der Waals surface area (Å²) in [5.74, 6) is -2.19. The zero-order valence-electron chi connectivity index (χ0n) is 10.8. The molecule has 0 aliphatic carbocycles. The number of carboxylic acids is 1. The first kappa shape index (κ1) is 13.0. The number of fused-ring (bicyclic) bond motifs is 1. The van der Waals surface area contributed by atoms with Gasteiger partial charge in [-0.15, -0.1) is 0 Å². The quantitative estimate of drug-likeness (QED) is 0.862. The number of aromatic nitrogens is 1. The van der Waals surface area contributed by atoms with Crippen molar-refractivity contribution in [1.29, 1.82) is 0 Å². The maximum Gasteiger partial charge on any atom is 0.337 e. The Morgan fingerprint density at radius 3 is 2.57 bits per heavy atom. The predicted molar refractivity (Wildman–Crippen MR) is 73.2 cm³/mol. The summed E-state index contributed by atoms with van der Waals surface area (Å²) in [6.45, 7) is 0.126. The molecule has 21 heavy (non-hydrogen) atoms. The normalized spacial score (nSPS) is 13.4. The van der Waals surface area contributed by atoms with E-state index < -0.39 is 17.7 Å². The molecule has 1 amide bonds. The van der Waals surface area contributed by atoms with E-state index >= 15 is 0 Å². The predicted octanol–water partition coefficient (Wildman–Crippen LogP) is 1.51. The molecule has 1 aliphatic rings. The van der Waals surface area contributed by atoms with Crippen LogP contribution < -0.4 is 4.90 Å². The fraction of sp³-hybridized carbons (Fsp3) is 0.0667. The van der Waals surface area contributed by atoms with Gasteiger partial charge in [-0.3, -0.25) is 19.5 Å². The van der Waals surface area contributed by atoms with E-state index in [-0.39, 0.29) is 12.1 Å². The van der Waals surface area contributed by atoms with Crippen LogP contribution in [-0.2, 0) is 11.3 Å². The van der Waals surface area contributed by atoms with Gasteiger partial charge >= 0.3 is 5.97 Å². The first-order chi connectivity index (χ1) is 10.1. The summed E-state index contributed by atoms with van der Waals surface area (Å²) in [5, 5.41) is 8.82. The summed E-state index contributed by atoms with van der Waals surface area (Å²) in [7, 11) is 0. The second-order valence-electron chi connectivity index (χ2n) is 4.58. The van der Waals surface area contributed by atoms with Crippen molar-refractivity contribution in [2.24, 2.45) is 0 Å². The first-order valence-corrected chi connectivity index (χ1v) is 6.21. The van der Waals surface area contributed by atoms with Gasteiger partial charge in [0.25, 0.3) is 11.7 Å². The van der Waals surface area contributed by atoms with Gasteiger partial charge in [-0.2, -0.15) is 0 Å². The number of benzene rings is 1. The van der Waals surface area contributed by atoms with Gasteiger partial charge in [0.15, 0.2) is 0 Å². The molecule has 104 valence electrons. The van der Waals surface area contributed by atoms with Crippen molar-refractivity contribution in [3.8, 4) is 0 Å². The average Bonchev–Trinajstić information content (AvgIpc) is 2.73. The molecule has 0 saturated heterocycles. The zero-order chi connectivity index (χ0) is 15.0. The summed E-state index contributed by atoms with van der Waals surface area (Å²) in [6, 6.07) is 9.70. The molecule has 1 aromatic carbocycles. The Morgan fingerprint density at radius 1 is 1.14 bits per heavy atom. The van der Waals surface area contributed by atoms with Crippen molar-refractivity contribution in [2.75, 3.05) is 4.90 Å². The Bertz CT molecular complexity index is 753. The number of aromatic carboxylic acids is 1. The van der Waals surface area contributed by atoms with Gasteiger partial charge in [-0.05, 0) is 24.3 Å². The second-order valence-corrected chi connectivity index (χ2v) is 4.58. The van der Waals surface area contributed by atoms with Crippen LogP contribution in [0, 0.1) is 0 Å². The summed E-state index contributed by atoms with van der Waals surface area (Å²) >= 11 is 0. The third-order valence-electron chi connectivity index (χ3n) is 3.27. The molecule has 2 heterocycles. The zero-order valence-corrected chi connectivity index (χ0v) is 10.8. The lowest BCUT2D eigenvalue weighted by Gasteiger charge is -2.15. The van der Waals surface area contributed by atoms with Crippen molar-refractivity contribution in [1.82, 2.24) is 4.98 Å². The van der Waals surface area contributed by atoms with Gasteiger partial charge in [-0.1, -0.05) is 12.1 Å². The lowest BCUT2D eigenvalue weighted by Crippen LogP contribution is -2.29. The number of para-hydroxylation sites is 1. The fourth-order valence-corrected chi connectivity index (χ4v) is 2.21. The maximum absolute atomic E-state index is 12.0. The summed E-state index contributed by atoms with van der Waals surface area (Å²) in [6.07, 6.45) is 1.23. The van der Waals surface area contributed by atoms with Gasteiger partial charge in [0.1, 0.15) is 0 Å². The van der Waals surface area contributed by atoms with E-state index in [9.17, 15) is 14.4 Å². The number of pyridine rings is 1. The van der Waals surface area contributed by atoms with Crippen LogP contribution in [0.25, 0.3) is 0 Å². The number of amides is 1. The number of rotatable bonds is 3. The molecule has 0 saturated carbocycles. The van der Waals surface area contributed by atoms with Gasteiger partial charge in [0.05, 0.1) is 29.1 Å². The smallest absolute Gasteiger partial charge is 0.337 e. The van der Waals surface area contributed by atoms with Crippen LogP contribution >= 0.6 is 0 Å². The standard InChI is InChI=1S/C15H10N2O4/c18-13-11-3-1-2-4-12(11)17(14(13)19)8-10-6-5-9(7-16-10)15(20)21/h1-7H,8H2,(H,20,21). The molecule has 2 aromatic rings. The number of hydrogen-bond acceptors (Lipinski definition) is 4. The molecule has 0 spiro atoms. The Morgan fingerprint density at radius 2 is 1.90 bits per heavy atom. The number of anilines is 1. The van der Waals surface area contributed by atoms with Crippen LogP contribution in [0.4, 0.5) is 5.69 Å². The van der Waals surface area contributed by atoms with E-state index in [1.165, 1.54) is 23.2 Å². The van der Waals surface area contributed by atoms with Gasteiger partial charge < -0.3 is 5.11 Å². The highest BCUT2D eigenvalue weighted by molar-refractivity contribution is 6.52. The SMILES string of the molecule is O=C(O)c1ccc(CN2C(=O)C(=O)c3ccccc32)nc1. The van der Waals surface area contributed by atoms with Crippen molar-refractivity contribution in [3.63, 3.8) is 0 Å². The summed E-state index contributed by atoms with van der Waals surface area (Å²) < 4.78 is 0. The van der Waals surface area contributed by atoms with Crippen molar-refractivity contribution in [2.45, 2.75) is 6.54 Å². The molecule has 6 nitrogen and oxygen atoms in total. The molecular weight excluding hydrogens is 272 g/mol. The number of carboxylic acid groups (broad SMARTS) is 1. The summed E-state index contributed by atoms with van der Waals surface area (Å²) in [5.41, 5.74) is 1.52. The van der Waals surface area contributed by atoms with Crippen LogP contribution in [0.5, 0.6) is 0 Å². The van der Waals surface area contributed by atoms with Gasteiger partial charge in [0.2, 0.25) is 0 Å². The first-order valence-electron chi connectivity index (χ1n) is 6.21. The van der Waals surface area contributed by atoms with Crippen molar-refractivity contribution in [3.05, 3.63) is 59.4 Å². The molecule has 0 unspecified atom stereocenters. The molecule has 0 fully saturated rings. The average molecular weight is 282 g/mol. The largest absolute Gasteiger partial charge is 0.478 e. The maximum atomic E-state index is 12.0. The van der Waals surface area contributed by atoms with Crippen LogP contribution in [0.3, 0.4) is 0 Å². The van der Waals surface area contributed by atoms with E-state index in [1.807, 2.05) is 0 Å². The molecule has 1 aromatic heterocycles. The third-order valence-corrected chi connectivity index (χ3v) is 3.27. The Balaban J connectivity index is 1.90. The number of Topliss-reactive ketones (excluding diaryl/α,β-unsaturated/α-hetero) is 1. The molecule has 1 aliphatic heterocycles. The number of nitrogens with zero attached hydrogens (tertiary/aromatic N) is 2. The van der Waals surface area contributed by atoms with Crippen molar-refractivity contribution >= 4 is 23.3 Å². The minimum Gasteiger partial charge on any atom is -0.478 e. The number of ketones is 1. The van der Waals surface area contributed by atoms with Crippen molar-refractivity contribution < 1.29 is 19.5 Å². The van der Waals surface area contributed by atoms with E-state index in [0.29, 0.717) is 16.9 Å². The number of carbonyl (C=O) groups excluding carboxylic acids is 2. The Labute approximate surface area is 119 Å². The molecule has 0 atom stereocenters. The molecule has 1 N–H and O–H groups in total. The molecular formula is C15H10N2O4. The molecule has 0 radical (unpaired) electrons. The molecule has 3 rings (SSSR count). The van der Waals surface area contributed by atoms with E-state index in [0.717, 1.165) is 0 Å². The lowest BCUT2D eigenvalue weighted by molar-refractivity contribution is -0.114. The third kappa shape index (κ3) is 2.16. The fourth-order valence-electron chi connectivity index (χ4n) is 2.21. The van der Waals surface area contributed by atoms with Crippen LogP contribution in [-0.4, -0.2) is 27.8 Å². The monoisotopic (exact) mass is 282 g/mol. The molecule has 6 heteroatoms. The van der Waals surface area contributed by atoms with Crippen LogP contribution in [0.15, 0.2) is 42.6 Å². The number of hydrogen-bond donors (Lipinski definition) is 1. The molecule has 0 bridgehead atoms. The topological polar surface area (TPSA) is 87.6 Å². The highest BCUT2D eigenvalue weighted by atomic mass is 16.4. The minimum absolute atomic E-state index is 0.0722. The number of carbonyl (C=O) groups is 3. The lowest BCUT2D eigenvalue weighted by atomic mass is 10.1. The van der Waals surface area contributed by atoms with Crippen LogP contribution in [0.2, 0.25) is 0 Å². The van der Waals surface area contributed by atoms with E-state index in [1.54, 1.807) is 24.3 Å². The minimum atomic E-state index is -1.06. The van der Waals surface area contributed by atoms with E-state index in [2.05, 4.69) is 4.98 Å². The van der Waals surface area contributed by atoms with Gasteiger partial charge in [0, 0.05) is 6.20 Å². The Kier molecular flexibility index (Phi) is 2.98.